The van der Waals surface area contributed by atoms with Gasteiger partial charge in [0.25, 0.3) is 0 Å². The molecule has 0 fully saturated rings. The summed E-state index contributed by atoms with van der Waals surface area (Å²) in [6.45, 7) is 3.92. The zero-order chi connectivity index (χ0) is 14.8. The van der Waals surface area contributed by atoms with Gasteiger partial charge in [-0.25, -0.2) is 9.67 Å². The number of carbonyl (C=O) groups excluding carboxylic acids is 1. The first-order chi connectivity index (χ1) is 10.2. The highest BCUT2D eigenvalue weighted by Crippen LogP contribution is 2.35. The van der Waals surface area contributed by atoms with E-state index in [-0.39, 0.29) is 12.0 Å². The van der Waals surface area contributed by atoms with Crippen LogP contribution >= 0.6 is 0 Å². The van der Waals surface area contributed by atoms with Crippen molar-refractivity contribution in [2.75, 3.05) is 6.61 Å². The molecule has 7 heteroatoms. The smallest absolute Gasteiger partial charge is 0.317 e. The molecule has 2 aromatic heterocycles. The van der Waals surface area contributed by atoms with Crippen LogP contribution in [0, 0.1) is 5.92 Å². The second-order valence-corrected chi connectivity index (χ2v) is 4.72. The maximum absolute atomic E-state index is 12.3. The van der Waals surface area contributed by atoms with Crippen LogP contribution in [0.3, 0.4) is 0 Å². The highest BCUT2D eigenvalue weighted by molar-refractivity contribution is 6.03. The van der Waals surface area contributed by atoms with Crippen LogP contribution in [-0.4, -0.2) is 38.0 Å². The van der Waals surface area contributed by atoms with E-state index in [9.17, 15) is 4.79 Å². The van der Waals surface area contributed by atoms with Gasteiger partial charge in [-0.3, -0.25) is 9.78 Å². The molecule has 0 saturated carbocycles. The second-order valence-electron chi connectivity index (χ2n) is 4.72. The molecular formula is C14H15N5O2. The lowest BCUT2D eigenvalue weighted by molar-refractivity contribution is -0.146. The lowest BCUT2D eigenvalue weighted by atomic mass is 9.89. The fourth-order valence-electron chi connectivity index (χ4n) is 2.53. The number of ether oxygens (including phenoxy) is 1. The molecule has 2 aromatic rings. The second kappa shape index (κ2) is 5.43. The first-order valence-electron chi connectivity index (χ1n) is 6.73. The van der Waals surface area contributed by atoms with E-state index in [1.54, 1.807) is 24.0 Å². The summed E-state index contributed by atoms with van der Waals surface area (Å²) in [7, 11) is 0. The first-order valence-corrected chi connectivity index (χ1v) is 6.73. The van der Waals surface area contributed by atoms with E-state index in [1.165, 1.54) is 6.33 Å². The monoisotopic (exact) mass is 285 g/mol. The zero-order valence-electron chi connectivity index (χ0n) is 11.8. The van der Waals surface area contributed by atoms with Crippen LogP contribution in [0.25, 0.3) is 0 Å². The molecule has 0 radical (unpaired) electrons. The Balaban J connectivity index is 2.11. The zero-order valence-corrected chi connectivity index (χ0v) is 11.8. The molecule has 0 aromatic carbocycles. The van der Waals surface area contributed by atoms with Crippen molar-refractivity contribution in [3.05, 3.63) is 36.4 Å². The fourth-order valence-corrected chi connectivity index (χ4v) is 2.53. The Kier molecular flexibility index (Phi) is 3.47. The van der Waals surface area contributed by atoms with Crippen LogP contribution in [0.15, 0.2) is 35.8 Å². The van der Waals surface area contributed by atoms with Crippen molar-refractivity contribution in [1.29, 1.82) is 0 Å². The van der Waals surface area contributed by atoms with Gasteiger partial charge in [0.15, 0.2) is 0 Å². The van der Waals surface area contributed by atoms with Gasteiger partial charge in [-0.15, -0.1) is 0 Å². The molecule has 1 aliphatic rings. The maximum Gasteiger partial charge on any atom is 0.317 e. The maximum atomic E-state index is 12.3. The van der Waals surface area contributed by atoms with Gasteiger partial charge < -0.3 is 4.74 Å². The minimum Gasteiger partial charge on any atom is -0.465 e. The first kappa shape index (κ1) is 13.4. The van der Waals surface area contributed by atoms with Gasteiger partial charge >= 0.3 is 5.97 Å². The summed E-state index contributed by atoms with van der Waals surface area (Å²) >= 11 is 0. The summed E-state index contributed by atoms with van der Waals surface area (Å²) in [5.74, 6) is -0.348. The molecule has 3 rings (SSSR count). The Morgan fingerprint density at radius 1 is 1.48 bits per heavy atom. The topological polar surface area (TPSA) is 82.3 Å². The third kappa shape index (κ3) is 2.31. The number of carbonyl (C=O) groups is 1. The number of hydrogen-bond acceptors (Lipinski definition) is 6. The lowest BCUT2D eigenvalue weighted by Gasteiger charge is -2.29. The number of esters is 1. The Bertz CT molecular complexity index is 680. The van der Waals surface area contributed by atoms with E-state index in [2.05, 4.69) is 20.1 Å². The minimum atomic E-state index is -0.525. The number of nitrogens with zero attached hydrogens (tertiary/aromatic N) is 5. The quantitative estimate of drug-likeness (QED) is 0.799. The minimum absolute atomic E-state index is 0.311. The number of fused-ring (bicyclic) bond motifs is 1. The molecule has 0 saturated heterocycles. The summed E-state index contributed by atoms with van der Waals surface area (Å²) in [5.41, 5.74) is 1.54. The van der Waals surface area contributed by atoms with Crippen molar-refractivity contribution in [3.63, 3.8) is 0 Å². The predicted molar refractivity (Wildman–Crippen MR) is 75.3 cm³/mol. The number of aliphatic imine (C=N–C) groups is 1. The molecule has 2 unspecified atom stereocenters. The predicted octanol–water partition coefficient (Wildman–Crippen LogP) is 1.55. The number of rotatable bonds is 3. The highest BCUT2D eigenvalue weighted by atomic mass is 16.5. The van der Waals surface area contributed by atoms with Crippen LogP contribution in [0.5, 0.6) is 0 Å². The van der Waals surface area contributed by atoms with Gasteiger partial charge in [-0.1, -0.05) is 6.07 Å². The molecule has 0 bridgehead atoms. The Morgan fingerprint density at radius 2 is 2.33 bits per heavy atom. The largest absolute Gasteiger partial charge is 0.465 e. The average molecular weight is 285 g/mol. The van der Waals surface area contributed by atoms with Gasteiger partial charge in [0.05, 0.1) is 6.61 Å². The normalized spacial score (nSPS) is 20.6. The summed E-state index contributed by atoms with van der Waals surface area (Å²) in [6.07, 6.45) is 4.85. The molecule has 0 amide bonds. The third-order valence-corrected chi connectivity index (χ3v) is 3.43. The van der Waals surface area contributed by atoms with Crippen LogP contribution in [0.2, 0.25) is 0 Å². The van der Waals surface area contributed by atoms with Gasteiger partial charge in [0.1, 0.15) is 18.3 Å². The van der Waals surface area contributed by atoms with Crippen molar-refractivity contribution in [2.45, 2.75) is 19.9 Å². The highest BCUT2D eigenvalue weighted by Gasteiger charge is 2.39. The van der Waals surface area contributed by atoms with Crippen molar-refractivity contribution in [3.8, 4) is 0 Å². The molecule has 21 heavy (non-hydrogen) atoms. The molecule has 1 aliphatic heterocycles. The van der Waals surface area contributed by atoms with Gasteiger partial charge in [0, 0.05) is 18.1 Å². The summed E-state index contributed by atoms with van der Waals surface area (Å²) < 4.78 is 6.84. The Morgan fingerprint density at radius 3 is 3.05 bits per heavy atom. The molecule has 3 heterocycles. The molecular weight excluding hydrogens is 270 g/mol. The van der Waals surface area contributed by atoms with E-state index < -0.39 is 5.92 Å². The fraction of sp³-hybridized carbons (Fsp3) is 0.357. The molecule has 108 valence electrons. The van der Waals surface area contributed by atoms with Crippen LogP contribution in [0.1, 0.15) is 25.5 Å². The Labute approximate surface area is 121 Å². The van der Waals surface area contributed by atoms with Crippen molar-refractivity contribution in [1.82, 2.24) is 19.7 Å². The number of aromatic nitrogens is 4. The van der Waals surface area contributed by atoms with Crippen LogP contribution < -0.4 is 0 Å². The van der Waals surface area contributed by atoms with E-state index in [0.717, 1.165) is 5.56 Å². The van der Waals surface area contributed by atoms with Gasteiger partial charge in [-0.05, 0) is 25.5 Å². The molecule has 0 aliphatic carbocycles. The van der Waals surface area contributed by atoms with Crippen LogP contribution in [0.4, 0.5) is 5.95 Å². The van der Waals surface area contributed by atoms with E-state index in [4.69, 9.17) is 4.74 Å². The van der Waals surface area contributed by atoms with Crippen molar-refractivity contribution >= 4 is 17.6 Å². The standard InChI is InChI=1S/C14H15N5O2/c1-3-21-13(20)11-9(2)18-14-16-8-17-19(14)12(11)10-5-4-6-15-7-10/h4-8,11-12H,3H2,1-2H3. The van der Waals surface area contributed by atoms with Crippen molar-refractivity contribution in [2.24, 2.45) is 10.9 Å². The third-order valence-electron chi connectivity index (χ3n) is 3.43. The van der Waals surface area contributed by atoms with E-state index >= 15 is 0 Å². The SMILES string of the molecule is CCOC(=O)C1C(C)=Nc2ncnn2C1c1cccnc1. The summed E-state index contributed by atoms with van der Waals surface area (Å²) in [4.78, 5) is 24.9. The van der Waals surface area contributed by atoms with Gasteiger partial charge in [0.2, 0.25) is 5.95 Å². The Hall–Kier alpha value is -2.57. The molecule has 7 nitrogen and oxygen atoms in total. The van der Waals surface area contributed by atoms with Crippen LogP contribution in [-0.2, 0) is 9.53 Å². The van der Waals surface area contributed by atoms with Crippen molar-refractivity contribution < 1.29 is 9.53 Å². The summed E-state index contributed by atoms with van der Waals surface area (Å²) in [5, 5.41) is 4.20. The number of pyridine rings is 1. The molecule has 0 spiro atoms. The lowest BCUT2D eigenvalue weighted by Crippen LogP contribution is -2.37. The molecule has 0 N–H and O–H groups in total. The van der Waals surface area contributed by atoms with Gasteiger partial charge in [-0.2, -0.15) is 10.1 Å². The van der Waals surface area contributed by atoms with E-state index in [0.29, 0.717) is 18.3 Å². The summed E-state index contributed by atoms with van der Waals surface area (Å²) in [6, 6.07) is 3.40. The number of hydrogen-bond donors (Lipinski definition) is 0. The molecule has 2 atom stereocenters. The average Bonchev–Trinajstić information content (AvgIpc) is 2.94. The van der Waals surface area contributed by atoms with E-state index in [1.807, 2.05) is 19.1 Å².